The molecule has 24 heteroatoms. The van der Waals surface area contributed by atoms with Crippen LogP contribution < -0.4 is 30.2 Å². The minimum Gasteiger partial charge on any atom is -0.504 e. The van der Waals surface area contributed by atoms with E-state index in [4.69, 9.17) is 19.0 Å². The van der Waals surface area contributed by atoms with Crippen molar-refractivity contribution in [3.05, 3.63) is 54.9 Å². The number of aromatic hydroxyl groups is 1. The highest BCUT2D eigenvalue weighted by Crippen LogP contribution is 2.52. The van der Waals surface area contributed by atoms with E-state index in [-0.39, 0.29) is 71.2 Å². The Kier molecular flexibility index (Phi) is 13.8. The fourth-order valence-electron chi connectivity index (χ4n) is 6.45. The van der Waals surface area contributed by atoms with Crippen LogP contribution >= 0.6 is 63.7 Å². The van der Waals surface area contributed by atoms with Crippen LogP contribution in [0.4, 0.5) is 0 Å². The molecule has 1 aliphatic carbocycles. The molecular weight excluding hydrogens is 1050 g/mol. The summed E-state index contributed by atoms with van der Waals surface area (Å²) in [4.78, 5) is 44.7. The molecule has 59 heavy (non-hydrogen) atoms. The number of amides is 3. The largest absolute Gasteiger partial charge is 0.504 e. The lowest BCUT2D eigenvalue weighted by atomic mass is 9.81. The van der Waals surface area contributed by atoms with Gasteiger partial charge in [-0.3, -0.25) is 14.4 Å². The summed E-state index contributed by atoms with van der Waals surface area (Å²) < 4.78 is 19.4. The summed E-state index contributed by atoms with van der Waals surface area (Å²) in [5.74, 6) is -4.53. The van der Waals surface area contributed by atoms with E-state index in [0.29, 0.717) is 14.5 Å². The van der Waals surface area contributed by atoms with Crippen molar-refractivity contribution in [1.82, 2.24) is 16.0 Å². The predicted octanol–water partition coefficient (Wildman–Crippen LogP) is 1.02. The Balaban J connectivity index is 1.49. The van der Waals surface area contributed by atoms with Gasteiger partial charge in [0.2, 0.25) is 0 Å². The molecule has 2 aromatic rings. The first-order valence-corrected chi connectivity index (χ1v) is 20.9. The SMILES string of the molecule is O=C1NCCCOc2c(O)cc(c(Br)c2Br)CC2=NO[C@@H]3[C@H](Br)[C@@]4(C=C[C@@]3(O)CC(=NO)C(=O)NC[C@@H](O)[C@@H](O)[C@H](O)CNC2=O)Oc2cc(cc(Br)c2O4)CC1=NO. The summed E-state index contributed by atoms with van der Waals surface area (Å²) in [6.07, 6.45) is -5.62. The zero-order chi connectivity index (χ0) is 42.8. The number of phenolic OH excluding ortho intramolecular Hbond substituents is 1. The van der Waals surface area contributed by atoms with Crippen molar-refractivity contribution >= 4 is 98.6 Å². The molecule has 7 atom stereocenters. The van der Waals surface area contributed by atoms with Crippen molar-refractivity contribution in [3.63, 3.8) is 0 Å². The third-order valence-electron chi connectivity index (χ3n) is 9.63. The van der Waals surface area contributed by atoms with Gasteiger partial charge in [-0.15, -0.1) is 0 Å². The fraction of sp³-hybridized carbons (Fsp3) is 0.429. The Hall–Kier alpha value is -4.04. The summed E-state index contributed by atoms with van der Waals surface area (Å²) >= 11 is 13.8. The lowest BCUT2D eigenvalue weighted by Crippen LogP contribution is -2.62. The van der Waals surface area contributed by atoms with Crippen molar-refractivity contribution in [1.29, 1.82) is 0 Å². The van der Waals surface area contributed by atoms with Crippen LogP contribution in [0.3, 0.4) is 0 Å². The number of rotatable bonds is 0. The van der Waals surface area contributed by atoms with Gasteiger partial charge < -0.3 is 70.9 Å². The maximum Gasteiger partial charge on any atom is 0.287 e. The quantitative estimate of drug-likeness (QED) is 0.0763. The zero-order valence-electron chi connectivity index (χ0n) is 30.3. The number of ether oxygens (including phenoxy) is 3. The fourth-order valence-corrected chi connectivity index (χ4v) is 8.92. The maximum atomic E-state index is 13.8. The van der Waals surface area contributed by atoms with Crippen LogP contribution in [0.25, 0.3) is 0 Å². The minimum atomic E-state index is -2.30. The molecule has 0 radical (unpaired) electrons. The van der Waals surface area contributed by atoms with E-state index in [2.05, 4.69) is 95.1 Å². The van der Waals surface area contributed by atoms with E-state index in [1.807, 2.05) is 0 Å². The number of alkyl halides is 1. The van der Waals surface area contributed by atoms with Crippen molar-refractivity contribution < 1.29 is 69.4 Å². The first-order chi connectivity index (χ1) is 28.0. The molecule has 10 N–H and O–H groups in total. The second-order valence-electron chi connectivity index (χ2n) is 13.8. The highest BCUT2D eigenvalue weighted by Gasteiger charge is 2.60. The number of phenols is 1. The number of benzene rings is 2. The topological polar surface area (TPSA) is 303 Å². The van der Waals surface area contributed by atoms with Crippen molar-refractivity contribution in [2.45, 2.75) is 66.3 Å². The molecule has 7 rings (SSSR count). The van der Waals surface area contributed by atoms with Crippen LogP contribution in [0, 0.1) is 0 Å². The number of nitrogens with one attached hydrogen (secondary N) is 3. The van der Waals surface area contributed by atoms with Crippen molar-refractivity contribution in [2.24, 2.45) is 15.5 Å². The van der Waals surface area contributed by atoms with Crippen molar-refractivity contribution in [3.8, 4) is 23.0 Å². The Bertz CT molecular complexity index is 2140. The van der Waals surface area contributed by atoms with Gasteiger partial charge in [0.25, 0.3) is 23.5 Å². The monoisotopic (exact) mass is 1080 g/mol. The average Bonchev–Trinajstić information content (AvgIpc) is 3.60. The third-order valence-corrected chi connectivity index (χ3v) is 13.5. The molecule has 3 amide bonds. The summed E-state index contributed by atoms with van der Waals surface area (Å²) in [5.41, 5.74) is -2.89. The summed E-state index contributed by atoms with van der Waals surface area (Å²) in [6, 6.07) is 4.43. The molecule has 2 aromatic carbocycles. The zero-order valence-corrected chi connectivity index (χ0v) is 36.6. The number of carbonyl (C=O) groups is 3. The molecule has 0 fully saturated rings. The Morgan fingerprint density at radius 1 is 0.831 bits per heavy atom. The molecule has 0 aromatic heterocycles. The number of β-amino-alcohol motifs (C(OH)–C–C–N with tert-alkyl or cyclic N) is 2. The first kappa shape index (κ1) is 44.5. The van der Waals surface area contributed by atoms with Gasteiger partial charge in [-0.05, 0) is 95.7 Å². The van der Waals surface area contributed by atoms with Gasteiger partial charge in [-0.25, -0.2) is 0 Å². The standard InChI is InChI=1S/C35H36Br4N6O14/c36-16-6-14-7-17(43-54)31(50)40-4-1-5-56-28-20(46)10-15(24(37)25(28)38)9-18-32(51)41-12-21(47)26(49)22(48)13-42-33(52)19(44-55)11-34(53)2-3-35(29(39)30(34)59-45-18)57-23(8-14)27(16)58-35/h2-3,6,8,10,21-22,26,29-30,46-49,53-55H,1,4-5,7,9,11-13H2,(H,40,50)(H,41,51)(H,42,52)/t21-,22-,26+,29+,30-,34-,35+/m1/s1. The van der Waals surface area contributed by atoms with E-state index in [1.165, 1.54) is 12.1 Å². The summed E-state index contributed by atoms with van der Waals surface area (Å²) in [7, 11) is 0. The molecular formula is C35H36Br4N6O14. The van der Waals surface area contributed by atoms with E-state index >= 15 is 0 Å². The van der Waals surface area contributed by atoms with Gasteiger partial charge in [0.05, 0.1) is 27.8 Å². The lowest BCUT2D eigenvalue weighted by Gasteiger charge is -2.43. The number of nitrogens with zero attached hydrogens (tertiary/aromatic N) is 3. The van der Waals surface area contributed by atoms with Gasteiger partial charge in [0.15, 0.2) is 29.1 Å². The molecule has 0 saturated carbocycles. The second kappa shape index (κ2) is 18.3. The Morgan fingerprint density at radius 2 is 1.51 bits per heavy atom. The molecule has 0 unspecified atom stereocenters. The molecule has 318 valence electrons. The summed E-state index contributed by atoms with van der Waals surface area (Å²) in [6.45, 7) is -1.15. The lowest BCUT2D eigenvalue weighted by molar-refractivity contribution is -0.141. The summed E-state index contributed by atoms with van der Waals surface area (Å²) in [5, 5.41) is 92.4. The average molecular weight is 1080 g/mol. The number of fused-ring (bicyclic) bond motifs is 9. The van der Waals surface area contributed by atoms with E-state index < -0.39 is 89.3 Å². The van der Waals surface area contributed by atoms with Crippen LogP contribution in [-0.2, 0) is 32.1 Å². The maximum absolute atomic E-state index is 13.8. The van der Waals surface area contributed by atoms with Gasteiger partial charge in [-0.2, -0.15) is 0 Å². The van der Waals surface area contributed by atoms with Crippen LogP contribution in [0.2, 0.25) is 0 Å². The smallest absolute Gasteiger partial charge is 0.287 e. The molecule has 20 nitrogen and oxygen atoms in total. The van der Waals surface area contributed by atoms with Crippen LogP contribution in [0.15, 0.2) is 59.2 Å². The van der Waals surface area contributed by atoms with Crippen LogP contribution in [0.5, 0.6) is 23.0 Å². The van der Waals surface area contributed by atoms with Gasteiger partial charge >= 0.3 is 0 Å². The first-order valence-electron chi connectivity index (χ1n) is 17.6. The number of oxime groups is 3. The molecule has 1 spiro atoms. The van der Waals surface area contributed by atoms with E-state index in [9.17, 15) is 50.3 Å². The number of aliphatic hydroxyl groups is 4. The highest BCUT2D eigenvalue weighted by atomic mass is 79.9. The third kappa shape index (κ3) is 9.33. The van der Waals surface area contributed by atoms with E-state index in [0.717, 1.165) is 6.08 Å². The van der Waals surface area contributed by atoms with Gasteiger partial charge in [-0.1, -0.05) is 31.4 Å². The molecule has 4 aliphatic heterocycles. The molecule has 4 heterocycles. The Morgan fingerprint density at radius 3 is 2.20 bits per heavy atom. The number of hydrogen-bond donors (Lipinski definition) is 10. The van der Waals surface area contributed by atoms with Crippen LogP contribution in [-0.4, -0.2) is 138 Å². The Labute approximate surface area is 367 Å². The second-order valence-corrected chi connectivity index (χ2v) is 17.2. The minimum absolute atomic E-state index is 0.0152. The number of aliphatic hydroxyl groups excluding tert-OH is 3. The van der Waals surface area contributed by atoms with Gasteiger partial charge in [0, 0.05) is 43.4 Å². The molecule has 7 bridgehead atoms. The predicted molar refractivity (Wildman–Crippen MR) is 218 cm³/mol. The number of halogens is 4. The number of hydrogen-bond acceptors (Lipinski definition) is 17. The van der Waals surface area contributed by atoms with E-state index in [1.54, 1.807) is 12.1 Å². The normalized spacial score (nSPS) is 30.8. The number of carbonyl (C=O) groups excluding carboxylic acids is 3. The van der Waals surface area contributed by atoms with Crippen LogP contribution in [0.1, 0.15) is 24.0 Å². The van der Waals surface area contributed by atoms with Gasteiger partial charge in [0.1, 0.15) is 33.7 Å². The molecule has 0 saturated heterocycles. The van der Waals surface area contributed by atoms with Crippen molar-refractivity contribution in [2.75, 3.05) is 26.2 Å². The highest BCUT2D eigenvalue weighted by molar-refractivity contribution is 9.13. The molecule has 5 aliphatic rings.